The lowest BCUT2D eigenvalue weighted by Gasteiger charge is -2.47. The number of carbonyl (C=O) groups is 3. The number of aliphatic hydroxyl groups is 1. The van der Waals surface area contributed by atoms with Crippen molar-refractivity contribution >= 4 is 29.6 Å². The van der Waals surface area contributed by atoms with Crippen molar-refractivity contribution in [1.29, 1.82) is 0 Å². The standard InChI is InChI=1S/C19H23N3O6S/c1-10(23)14-15-12(5-7-28-13(24)8-20)17(16(19(26)27)22(15)18(14)25)29-9-11-4-2-3-6-21-11/h2-4,6,10,12,14-15,23H,5,7-9,20H2,1H3,(H,26,27)/t10-,12-,14-,15-/m1/s1. The smallest absolute Gasteiger partial charge is 0.353 e. The topological polar surface area (TPSA) is 143 Å². The molecule has 3 heterocycles. The lowest BCUT2D eigenvalue weighted by atomic mass is 9.77. The van der Waals surface area contributed by atoms with Crippen molar-refractivity contribution in [2.45, 2.75) is 31.2 Å². The zero-order chi connectivity index (χ0) is 21.1. The molecule has 0 aliphatic carbocycles. The fourth-order valence-electron chi connectivity index (χ4n) is 3.84. The first-order valence-corrected chi connectivity index (χ1v) is 10.2. The number of aliphatic carboxylic acids is 1. The summed E-state index contributed by atoms with van der Waals surface area (Å²) in [4.78, 5) is 41.9. The summed E-state index contributed by atoms with van der Waals surface area (Å²) < 4.78 is 5.07. The zero-order valence-corrected chi connectivity index (χ0v) is 16.7. The van der Waals surface area contributed by atoms with Gasteiger partial charge < -0.3 is 25.6 Å². The summed E-state index contributed by atoms with van der Waals surface area (Å²) in [6.45, 7) is 1.32. The number of nitrogens with zero attached hydrogens (tertiary/aromatic N) is 2. The van der Waals surface area contributed by atoms with Crippen LogP contribution < -0.4 is 5.73 Å². The Morgan fingerprint density at radius 2 is 2.17 bits per heavy atom. The maximum absolute atomic E-state index is 12.5. The number of carbonyl (C=O) groups excluding carboxylic acids is 2. The molecule has 1 amide bonds. The molecule has 0 radical (unpaired) electrons. The fourth-order valence-corrected chi connectivity index (χ4v) is 5.11. The highest BCUT2D eigenvalue weighted by atomic mass is 32.2. The van der Waals surface area contributed by atoms with Gasteiger partial charge >= 0.3 is 11.9 Å². The van der Waals surface area contributed by atoms with E-state index in [0.717, 1.165) is 5.69 Å². The molecule has 29 heavy (non-hydrogen) atoms. The minimum Gasteiger partial charge on any atom is -0.477 e. The van der Waals surface area contributed by atoms with E-state index in [4.69, 9.17) is 10.5 Å². The molecule has 1 aromatic heterocycles. The number of β-lactam (4-membered cyclic amide) rings is 1. The van der Waals surface area contributed by atoms with Gasteiger partial charge in [0.25, 0.3) is 0 Å². The molecule has 3 rings (SSSR count). The number of fused-ring (bicyclic) bond motifs is 1. The van der Waals surface area contributed by atoms with Gasteiger partial charge in [-0.15, -0.1) is 11.8 Å². The molecular formula is C19H23N3O6S. The van der Waals surface area contributed by atoms with E-state index in [-0.39, 0.29) is 24.8 Å². The van der Waals surface area contributed by atoms with Gasteiger partial charge in [-0.2, -0.15) is 0 Å². The third-order valence-corrected chi connectivity index (χ3v) is 6.34. The molecule has 1 fully saturated rings. The Morgan fingerprint density at radius 1 is 1.41 bits per heavy atom. The van der Waals surface area contributed by atoms with Gasteiger partial charge in [-0.05, 0) is 25.5 Å². The van der Waals surface area contributed by atoms with Crippen LogP contribution in [0.3, 0.4) is 0 Å². The van der Waals surface area contributed by atoms with Gasteiger partial charge in [0.15, 0.2) is 0 Å². The fraction of sp³-hybridized carbons (Fsp3) is 0.474. The van der Waals surface area contributed by atoms with E-state index in [1.807, 2.05) is 12.1 Å². The summed E-state index contributed by atoms with van der Waals surface area (Å²) in [6, 6.07) is 4.99. The molecule has 2 aliphatic rings. The van der Waals surface area contributed by atoms with Gasteiger partial charge in [0.1, 0.15) is 5.70 Å². The first kappa shape index (κ1) is 21.3. The van der Waals surface area contributed by atoms with Gasteiger partial charge in [-0.25, -0.2) is 4.79 Å². The third-order valence-electron chi connectivity index (χ3n) is 5.09. The Hall–Kier alpha value is -2.43. The molecule has 10 heteroatoms. The molecule has 156 valence electrons. The van der Waals surface area contributed by atoms with Gasteiger partial charge in [-0.1, -0.05) is 6.07 Å². The second kappa shape index (κ2) is 8.93. The Kier molecular flexibility index (Phi) is 6.56. The maximum Gasteiger partial charge on any atom is 0.353 e. The molecule has 0 saturated carbocycles. The number of hydrogen-bond acceptors (Lipinski definition) is 8. The van der Waals surface area contributed by atoms with E-state index >= 15 is 0 Å². The van der Waals surface area contributed by atoms with E-state index in [1.54, 1.807) is 12.3 Å². The largest absolute Gasteiger partial charge is 0.477 e. The monoisotopic (exact) mass is 421 g/mol. The number of rotatable bonds is 9. The van der Waals surface area contributed by atoms with Crippen LogP contribution in [0.1, 0.15) is 19.0 Å². The van der Waals surface area contributed by atoms with Crippen molar-refractivity contribution in [2.75, 3.05) is 13.2 Å². The van der Waals surface area contributed by atoms with Gasteiger partial charge in [0.05, 0.1) is 36.9 Å². The van der Waals surface area contributed by atoms with Crippen LogP contribution in [0, 0.1) is 11.8 Å². The zero-order valence-electron chi connectivity index (χ0n) is 15.9. The molecule has 4 N–H and O–H groups in total. The number of hydrogen-bond donors (Lipinski definition) is 3. The van der Waals surface area contributed by atoms with E-state index in [0.29, 0.717) is 17.1 Å². The Labute approximate surface area is 171 Å². The van der Waals surface area contributed by atoms with Crippen LogP contribution >= 0.6 is 11.8 Å². The summed E-state index contributed by atoms with van der Waals surface area (Å²) in [5, 5.41) is 19.8. The minimum atomic E-state index is -1.20. The predicted octanol–water partition coefficient (Wildman–Crippen LogP) is 0.341. The number of thioether (sulfide) groups is 1. The lowest BCUT2D eigenvalue weighted by Crippen LogP contribution is -2.64. The Morgan fingerprint density at radius 3 is 2.76 bits per heavy atom. The van der Waals surface area contributed by atoms with Crippen LogP contribution in [0.5, 0.6) is 0 Å². The molecular weight excluding hydrogens is 398 g/mol. The SMILES string of the molecule is C[C@@H](O)[C@H]1C(=O)N2C(C(=O)O)=C(SCc3ccccn3)[C@H](CCOC(=O)CN)[C@H]12. The number of nitrogens with two attached hydrogens (primary N) is 1. The number of carboxylic acids is 1. The molecule has 0 aromatic carbocycles. The average molecular weight is 421 g/mol. The number of aromatic nitrogens is 1. The predicted molar refractivity (Wildman–Crippen MR) is 104 cm³/mol. The number of ether oxygens (including phenoxy) is 1. The quantitative estimate of drug-likeness (QED) is 0.380. The highest BCUT2D eigenvalue weighted by Gasteiger charge is 2.61. The van der Waals surface area contributed by atoms with E-state index in [1.165, 1.54) is 23.6 Å². The second-order valence-electron chi connectivity index (χ2n) is 6.91. The molecule has 1 saturated heterocycles. The van der Waals surface area contributed by atoms with Crippen LogP contribution in [0.15, 0.2) is 35.0 Å². The summed E-state index contributed by atoms with van der Waals surface area (Å²) in [5.41, 5.74) is 5.96. The lowest BCUT2D eigenvalue weighted by molar-refractivity contribution is -0.164. The molecule has 0 unspecified atom stereocenters. The van der Waals surface area contributed by atoms with Gasteiger partial charge in [0.2, 0.25) is 5.91 Å². The number of amides is 1. The number of esters is 1. The van der Waals surface area contributed by atoms with E-state index in [9.17, 15) is 24.6 Å². The van der Waals surface area contributed by atoms with Crippen molar-refractivity contribution in [2.24, 2.45) is 17.6 Å². The molecule has 0 spiro atoms. The van der Waals surface area contributed by atoms with Crippen LogP contribution in [-0.4, -0.2) is 63.2 Å². The minimum absolute atomic E-state index is 0.0479. The number of carboxylic acid groups (broad SMARTS) is 1. The second-order valence-corrected chi connectivity index (χ2v) is 7.93. The average Bonchev–Trinajstić information content (AvgIpc) is 2.96. The molecule has 1 aromatic rings. The van der Waals surface area contributed by atoms with Crippen molar-refractivity contribution in [3.8, 4) is 0 Å². The van der Waals surface area contributed by atoms with Crippen molar-refractivity contribution in [3.63, 3.8) is 0 Å². The highest BCUT2D eigenvalue weighted by molar-refractivity contribution is 8.02. The molecule has 4 atom stereocenters. The van der Waals surface area contributed by atoms with Gasteiger partial charge in [-0.3, -0.25) is 14.6 Å². The molecule has 9 nitrogen and oxygen atoms in total. The number of pyridine rings is 1. The van der Waals surface area contributed by atoms with Crippen molar-refractivity contribution in [3.05, 3.63) is 40.7 Å². The van der Waals surface area contributed by atoms with Crippen molar-refractivity contribution in [1.82, 2.24) is 9.88 Å². The summed E-state index contributed by atoms with van der Waals surface area (Å²) in [5.74, 6) is -2.77. The van der Waals surface area contributed by atoms with Crippen LogP contribution in [0.25, 0.3) is 0 Å². The van der Waals surface area contributed by atoms with E-state index < -0.39 is 35.9 Å². The normalized spacial score (nSPS) is 24.2. The number of aliphatic hydroxyl groups excluding tert-OH is 1. The Bertz CT molecular complexity index is 828. The Balaban J connectivity index is 1.87. The molecule has 2 aliphatic heterocycles. The van der Waals surface area contributed by atoms with Crippen molar-refractivity contribution < 1.29 is 29.3 Å². The third kappa shape index (κ3) is 4.14. The van der Waals surface area contributed by atoms with E-state index in [2.05, 4.69) is 4.98 Å². The van der Waals surface area contributed by atoms with Gasteiger partial charge in [0, 0.05) is 22.8 Å². The maximum atomic E-state index is 12.5. The van der Waals surface area contributed by atoms with Crippen LogP contribution in [0.2, 0.25) is 0 Å². The van der Waals surface area contributed by atoms with Crippen LogP contribution in [-0.2, 0) is 24.9 Å². The van der Waals surface area contributed by atoms with Crippen LogP contribution in [0.4, 0.5) is 0 Å². The summed E-state index contributed by atoms with van der Waals surface area (Å²) >= 11 is 1.31. The summed E-state index contributed by atoms with van der Waals surface area (Å²) in [7, 11) is 0. The summed E-state index contributed by atoms with van der Waals surface area (Å²) in [6.07, 6.45) is 1.07. The first-order valence-electron chi connectivity index (χ1n) is 9.23. The molecule has 0 bridgehead atoms. The first-order chi connectivity index (χ1) is 13.9. The highest BCUT2D eigenvalue weighted by Crippen LogP contribution is 2.52.